The van der Waals surface area contributed by atoms with Gasteiger partial charge in [0.25, 0.3) is 11.8 Å². The molecule has 0 atom stereocenters. The Morgan fingerprint density at radius 3 is 2.28 bits per heavy atom. The monoisotopic (exact) mass is 390 g/mol. The second-order valence-electron chi connectivity index (χ2n) is 7.27. The molecule has 0 aromatic heterocycles. The Hall–Kier alpha value is -3.34. The lowest BCUT2D eigenvalue weighted by Crippen LogP contribution is -2.34. The molecule has 3 rings (SSSR count). The molecule has 0 N–H and O–H groups in total. The predicted molar refractivity (Wildman–Crippen MR) is 114 cm³/mol. The molecule has 2 amide bonds. The second-order valence-corrected chi connectivity index (χ2v) is 7.27. The summed E-state index contributed by atoms with van der Waals surface area (Å²) in [5.74, 6) is 0.122. The van der Waals surface area contributed by atoms with E-state index in [1.807, 2.05) is 80.4 Å². The third kappa shape index (κ3) is 4.40. The first-order chi connectivity index (χ1) is 13.9. The summed E-state index contributed by atoms with van der Waals surface area (Å²) in [6.07, 6.45) is 1.62. The van der Waals surface area contributed by atoms with Crippen molar-refractivity contribution in [1.29, 1.82) is 0 Å². The van der Waals surface area contributed by atoms with Crippen LogP contribution in [0.15, 0.2) is 72.9 Å². The van der Waals surface area contributed by atoms with Gasteiger partial charge in [0.1, 0.15) is 11.4 Å². The van der Waals surface area contributed by atoms with Crippen LogP contribution in [0.4, 0.5) is 0 Å². The van der Waals surface area contributed by atoms with Crippen molar-refractivity contribution < 1.29 is 14.3 Å². The van der Waals surface area contributed by atoms with E-state index in [-0.39, 0.29) is 24.5 Å². The average Bonchev–Trinajstić information content (AvgIpc) is 2.94. The number of carbonyl (C=O) groups excluding carboxylic acids is 2. The first-order valence-corrected chi connectivity index (χ1v) is 9.66. The Kier molecular flexibility index (Phi) is 6.17. The molecule has 5 nitrogen and oxygen atoms in total. The molecule has 0 aliphatic carbocycles. The number of amides is 2. The molecule has 2 aromatic rings. The van der Waals surface area contributed by atoms with E-state index in [1.54, 1.807) is 6.08 Å². The fourth-order valence-electron chi connectivity index (χ4n) is 3.38. The van der Waals surface area contributed by atoms with Crippen LogP contribution in [0.25, 0.3) is 5.57 Å². The molecule has 0 saturated heterocycles. The van der Waals surface area contributed by atoms with E-state index in [0.29, 0.717) is 23.4 Å². The van der Waals surface area contributed by atoms with E-state index in [0.717, 1.165) is 11.3 Å². The van der Waals surface area contributed by atoms with E-state index in [4.69, 9.17) is 4.74 Å². The summed E-state index contributed by atoms with van der Waals surface area (Å²) in [5.41, 5.74) is 2.57. The highest BCUT2D eigenvalue weighted by Crippen LogP contribution is 2.32. The van der Waals surface area contributed by atoms with Crippen molar-refractivity contribution in [2.24, 2.45) is 0 Å². The van der Waals surface area contributed by atoms with Crippen LogP contribution in [0.2, 0.25) is 0 Å². The minimum absolute atomic E-state index is 0.0606. The van der Waals surface area contributed by atoms with E-state index < -0.39 is 0 Å². The third-order valence-corrected chi connectivity index (χ3v) is 4.61. The average molecular weight is 390 g/mol. The van der Waals surface area contributed by atoms with E-state index in [2.05, 4.69) is 6.58 Å². The summed E-state index contributed by atoms with van der Waals surface area (Å²) < 4.78 is 5.69. The lowest BCUT2D eigenvalue weighted by atomic mass is 10.0. The molecule has 0 unspecified atom stereocenters. The highest BCUT2D eigenvalue weighted by molar-refractivity contribution is 6.35. The molecule has 1 aliphatic rings. The molecule has 150 valence electrons. The Labute approximate surface area is 171 Å². The van der Waals surface area contributed by atoms with Crippen LogP contribution in [0.3, 0.4) is 0 Å². The molecule has 0 spiro atoms. The lowest BCUT2D eigenvalue weighted by Gasteiger charge is -2.21. The van der Waals surface area contributed by atoms with Gasteiger partial charge in [-0.1, -0.05) is 48.5 Å². The standard InChI is InChI=1S/C24H26N2O3/c1-5-15-26-23(27)21(19-11-13-20(14-12-19)29-17(2)3)22(24(26)28)25(4)16-18-9-7-6-8-10-18/h5-14,17H,1,15-16H2,2-4H3. The fraction of sp³-hybridized carbons (Fsp3) is 0.250. The highest BCUT2D eigenvalue weighted by atomic mass is 16.5. The van der Waals surface area contributed by atoms with Gasteiger partial charge in [-0.25, -0.2) is 0 Å². The Bertz CT molecular complexity index is 930. The predicted octanol–water partition coefficient (Wildman–Crippen LogP) is 3.87. The number of hydrogen-bond donors (Lipinski definition) is 0. The topological polar surface area (TPSA) is 49.9 Å². The third-order valence-electron chi connectivity index (χ3n) is 4.61. The first-order valence-electron chi connectivity index (χ1n) is 9.66. The molecule has 0 bridgehead atoms. The molecular weight excluding hydrogens is 364 g/mol. The maximum absolute atomic E-state index is 13.1. The molecule has 1 aliphatic heterocycles. The zero-order valence-corrected chi connectivity index (χ0v) is 17.1. The molecular formula is C24H26N2O3. The summed E-state index contributed by atoms with van der Waals surface area (Å²) in [7, 11) is 1.83. The molecule has 29 heavy (non-hydrogen) atoms. The van der Waals surface area contributed by atoms with Gasteiger partial charge >= 0.3 is 0 Å². The van der Waals surface area contributed by atoms with Crippen molar-refractivity contribution in [3.63, 3.8) is 0 Å². The second kappa shape index (κ2) is 8.78. The minimum atomic E-state index is -0.303. The van der Waals surface area contributed by atoms with Crippen molar-refractivity contribution in [3.05, 3.63) is 84.1 Å². The molecule has 0 radical (unpaired) electrons. The van der Waals surface area contributed by atoms with Crippen molar-refractivity contribution >= 4 is 17.4 Å². The molecule has 2 aromatic carbocycles. The van der Waals surface area contributed by atoms with Gasteiger partial charge in [0, 0.05) is 20.1 Å². The van der Waals surface area contributed by atoms with Crippen LogP contribution in [-0.2, 0) is 16.1 Å². The van der Waals surface area contributed by atoms with Crippen LogP contribution in [0.1, 0.15) is 25.0 Å². The van der Waals surface area contributed by atoms with Crippen LogP contribution in [0, 0.1) is 0 Å². The quantitative estimate of drug-likeness (QED) is 0.507. The molecule has 0 fully saturated rings. The Morgan fingerprint density at radius 1 is 1.03 bits per heavy atom. The largest absolute Gasteiger partial charge is 0.491 e. The zero-order valence-electron chi connectivity index (χ0n) is 17.1. The zero-order chi connectivity index (χ0) is 21.0. The van der Waals surface area contributed by atoms with Gasteiger partial charge in [-0.2, -0.15) is 0 Å². The van der Waals surface area contributed by atoms with Crippen LogP contribution < -0.4 is 4.74 Å². The first kappa shape index (κ1) is 20.4. The summed E-state index contributed by atoms with van der Waals surface area (Å²) in [5, 5.41) is 0. The maximum atomic E-state index is 13.1. The molecule has 5 heteroatoms. The van der Waals surface area contributed by atoms with Gasteiger partial charge < -0.3 is 9.64 Å². The van der Waals surface area contributed by atoms with E-state index in [9.17, 15) is 9.59 Å². The van der Waals surface area contributed by atoms with E-state index in [1.165, 1.54) is 4.90 Å². The summed E-state index contributed by atoms with van der Waals surface area (Å²) in [6, 6.07) is 17.2. The van der Waals surface area contributed by atoms with Gasteiger partial charge in [0.15, 0.2) is 0 Å². The molecule has 1 heterocycles. The highest BCUT2D eigenvalue weighted by Gasteiger charge is 2.40. The van der Waals surface area contributed by atoms with E-state index >= 15 is 0 Å². The van der Waals surface area contributed by atoms with Gasteiger partial charge in [-0.15, -0.1) is 6.58 Å². The summed E-state index contributed by atoms with van der Waals surface area (Å²) >= 11 is 0. The number of carbonyl (C=O) groups is 2. The number of imide groups is 1. The van der Waals surface area contributed by atoms with Gasteiger partial charge in [-0.05, 0) is 37.1 Å². The van der Waals surface area contributed by atoms with Gasteiger partial charge in [-0.3, -0.25) is 14.5 Å². The number of hydrogen-bond acceptors (Lipinski definition) is 4. The maximum Gasteiger partial charge on any atom is 0.278 e. The fourth-order valence-corrected chi connectivity index (χ4v) is 3.38. The number of nitrogens with zero attached hydrogens (tertiary/aromatic N) is 2. The number of likely N-dealkylation sites (N-methyl/N-ethyl adjacent to an activating group) is 1. The minimum Gasteiger partial charge on any atom is -0.491 e. The SMILES string of the molecule is C=CCN1C(=O)C(c2ccc(OC(C)C)cc2)=C(N(C)Cc2ccccc2)C1=O. The number of ether oxygens (including phenoxy) is 1. The van der Waals surface area contributed by atoms with Crippen molar-refractivity contribution in [1.82, 2.24) is 9.80 Å². The summed E-state index contributed by atoms with van der Waals surface area (Å²) in [4.78, 5) is 29.2. The van der Waals surface area contributed by atoms with Crippen molar-refractivity contribution in [2.45, 2.75) is 26.5 Å². The lowest BCUT2D eigenvalue weighted by molar-refractivity contribution is -0.136. The number of benzene rings is 2. The van der Waals surface area contributed by atoms with Crippen LogP contribution >= 0.6 is 0 Å². The van der Waals surface area contributed by atoms with Gasteiger partial charge in [0.2, 0.25) is 0 Å². The van der Waals surface area contributed by atoms with Crippen LogP contribution in [0.5, 0.6) is 5.75 Å². The smallest absolute Gasteiger partial charge is 0.278 e. The van der Waals surface area contributed by atoms with Crippen molar-refractivity contribution in [2.75, 3.05) is 13.6 Å². The summed E-state index contributed by atoms with van der Waals surface area (Å²) in [6.45, 7) is 8.29. The Balaban J connectivity index is 2.00. The van der Waals surface area contributed by atoms with Crippen molar-refractivity contribution in [3.8, 4) is 5.75 Å². The van der Waals surface area contributed by atoms with Crippen LogP contribution in [-0.4, -0.2) is 41.3 Å². The normalized spacial score (nSPS) is 14.0. The Morgan fingerprint density at radius 2 is 1.69 bits per heavy atom. The molecule has 0 saturated carbocycles. The van der Waals surface area contributed by atoms with Gasteiger partial charge in [0.05, 0.1) is 11.7 Å². The number of rotatable bonds is 8.